The lowest BCUT2D eigenvalue weighted by molar-refractivity contribution is -0.363. The monoisotopic (exact) mass is 564 g/mol. The molecule has 0 aliphatic rings. The molecule has 4 aromatic carbocycles. The van der Waals surface area contributed by atoms with E-state index >= 15 is 0 Å². The van der Waals surface area contributed by atoms with Crippen LogP contribution in [0.5, 0.6) is 0 Å². The molecule has 0 spiro atoms. The molecular weight excluding hydrogens is 528 g/mol. The average Bonchev–Trinajstić information content (AvgIpc) is 3.05. The second-order valence-corrected chi connectivity index (χ2v) is 9.83. The first-order valence-corrected chi connectivity index (χ1v) is 14.4. The van der Waals surface area contributed by atoms with Gasteiger partial charge in [0, 0.05) is 6.42 Å². The topological polar surface area (TPSA) is 71.1 Å². The standard InChI is InChI=1S/C36H36O6/c1-2-3-4-5-6-7-14-27-34(39-41-35(37)32-25-17-15-23-30(32)28-19-10-8-11-20-28)40-42-36(38)33-26-18-16-24-31(33)29-21-12-9-13-22-29/h8-13,15-26H,1-7,14,27H2. The number of carbonyl (C=O) groups is 2. The second kappa shape index (κ2) is 16.9. The van der Waals surface area contributed by atoms with Gasteiger partial charge in [0.15, 0.2) is 0 Å². The summed E-state index contributed by atoms with van der Waals surface area (Å²) in [4.78, 5) is 47.2. The Hall–Kier alpha value is -4.26. The summed E-state index contributed by atoms with van der Waals surface area (Å²) in [5.74, 6) is -1.38. The van der Waals surface area contributed by atoms with E-state index in [1.165, 1.54) is 0 Å². The van der Waals surface area contributed by atoms with Gasteiger partial charge in [0.25, 0.3) is 0 Å². The molecule has 0 saturated heterocycles. The maximum atomic E-state index is 13.1. The lowest BCUT2D eigenvalue weighted by Gasteiger charge is -2.15. The molecular formula is C36H36O6. The quantitative estimate of drug-likeness (QED) is 0.0767. The Morgan fingerprint density at radius 2 is 0.881 bits per heavy atom. The summed E-state index contributed by atoms with van der Waals surface area (Å²) in [5.41, 5.74) is 3.83. The van der Waals surface area contributed by atoms with Crippen molar-refractivity contribution in [2.45, 2.75) is 51.4 Å². The average molecular weight is 565 g/mol. The highest BCUT2D eigenvalue weighted by Crippen LogP contribution is 2.27. The van der Waals surface area contributed by atoms with Crippen molar-refractivity contribution in [3.8, 4) is 22.3 Å². The SMILES string of the molecule is [CH2]CCCCCCCC[C](OOC(=O)c1ccccc1-c1ccccc1)OOC(=O)c1ccccc1-c1ccccc1. The fourth-order valence-electron chi connectivity index (χ4n) is 4.57. The third kappa shape index (κ3) is 9.13. The van der Waals surface area contributed by atoms with E-state index in [9.17, 15) is 9.59 Å². The van der Waals surface area contributed by atoms with Gasteiger partial charge in [0.1, 0.15) is 0 Å². The van der Waals surface area contributed by atoms with Crippen LogP contribution in [0.25, 0.3) is 22.3 Å². The third-order valence-electron chi connectivity index (χ3n) is 6.77. The number of hydrogen-bond donors (Lipinski definition) is 0. The first-order valence-electron chi connectivity index (χ1n) is 14.4. The van der Waals surface area contributed by atoms with Gasteiger partial charge in [-0.1, -0.05) is 143 Å². The van der Waals surface area contributed by atoms with E-state index in [1.807, 2.05) is 84.9 Å². The highest BCUT2D eigenvalue weighted by atomic mass is 17.3. The van der Waals surface area contributed by atoms with Crippen molar-refractivity contribution in [2.24, 2.45) is 0 Å². The van der Waals surface area contributed by atoms with Crippen LogP contribution in [0.2, 0.25) is 0 Å². The van der Waals surface area contributed by atoms with Crippen molar-refractivity contribution < 1.29 is 29.1 Å². The molecule has 2 radical (unpaired) electrons. The van der Waals surface area contributed by atoms with Crippen molar-refractivity contribution in [3.05, 3.63) is 134 Å². The molecule has 0 aromatic heterocycles. The van der Waals surface area contributed by atoms with Crippen molar-refractivity contribution in [2.75, 3.05) is 0 Å². The van der Waals surface area contributed by atoms with Gasteiger partial charge in [-0.15, -0.1) is 9.78 Å². The summed E-state index contributed by atoms with van der Waals surface area (Å²) in [6, 6.07) is 33.3. The Balaban J connectivity index is 1.40. The van der Waals surface area contributed by atoms with Gasteiger partial charge in [-0.3, -0.25) is 9.78 Å². The molecule has 0 bridgehead atoms. The third-order valence-corrected chi connectivity index (χ3v) is 6.77. The summed E-state index contributed by atoms with van der Waals surface area (Å²) < 4.78 is 0. The summed E-state index contributed by atoms with van der Waals surface area (Å²) in [5, 5.41) is 0. The zero-order valence-electron chi connectivity index (χ0n) is 23.7. The largest absolute Gasteiger partial charge is 0.373 e. The minimum absolute atomic E-state index is 0.108. The molecule has 0 aliphatic carbocycles. The minimum atomic E-state index is -0.690. The van der Waals surface area contributed by atoms with Crippen LogP contribution < -0.4 is 0 Å². The minimum Gasteiger partial charge on any atom is -0.289 e. The molecule has 0 aliphatic heterocycles. The molecule has 6 nitrogen and oxygen atoms in total. The Bertz CT molecular complexity index is 1290. The molecule has 0 unspecified atom stereocenters. The van der Waals surface area contributed by atoms with Gasteiger partial charge in [-0.05, 0) is 40.8 Å². The highest BCUT2D eigenvalue weighted by Gasteiger charge is 2.23. The highest BCUT2D eigenvalue weighted by molar-refractivity contribution is 5.97. The zero-order chi connectivity index (χ0) is 29.4. The van der Waals surface area contributed by atoms with E-state index in [2.05, 4.69) is 6.92 Å². The van der Waals surface area contributed by atoms with Crippen LogP contribution in [0.1, 0.15) is 72.1 Å². The maximum absolute atomic E-state index is 13.1. The predicted octanol–water partition coefficient (Wildman–Crippen LogP) is 9.34. The summed E-state index contributed by atoms with van der Waals surface area (Å²) in [6.07, 6.45) is 7.16. The Morgan fingerprint density at radius 1 is 0.476 bits per heavy atom. The molecule has 0 atom stereocenters. The Kier molecular flexibility index (Phi) is 12.3. The van der Waals surface area contributed by atoms with Crippen molar-refractivity contribution in [3.63, 3.8) is 0 Å². The molecule has 6 heteroatoms. The van der Waals surface area contributed by atoms with Crippen LogP contribution >= 0.6 is 0 Å². The normalized spacial score (nSPS) is 10.9. The fraction of sp³-hybridized carbons (Fsp3) is 0.222. The van der Waals surface area contributed by atoms with Crippen LogP contribution in [-0.4, -0.2) is 11.9 Å². The lowest BCUT2D eigenvalue weighted by Crippen LogP contribution is -2.17. The Morgan fingerprint density at radius 3 is 1.36 bits per heavy atom. The van der Waals surface area contributed by atoms with Gasteiger partial charge in [0.2, 0.25) is 0 Å². The van der Waals surface area contributed by atoms with Gasteiger partial charge in [0.05, 0.1) is 11.1 Å². The van der Waals surface area contributed by atoms with Crippen molar-refractivity contribution >= 4 is 11.9 Å². The van der Waals surface area contributed by atoms with E-state index in [-0.39, 0.29) is 12.7 Å². The molecule has 4 rings (SSSR count). The second-order valence-electron chi connectivity index (χ2n) is 9.83. The molecule has 0 saturated carbocycles. The van der Waals surface area contributed by atoms with E-state index in [4.69, 9.17) is 19.6 Å². The number of hydrogen-bond acceptors (Lipinski definition) is 6. The summed E-state index contributed by atoms with van der Waals surface area (Å²) in [7, 11) is 0. The van der Waals surface area contributed by atoms with Gasteiger partial charge >= 0.3 is 18.2 Å². The van der Waals surface area contributed by atoms with Crippen LogP contribution in [0, 0.1) is 13.2 Å². The Labute approximate surface area is 248 Å². The van der Waals surface area contributed by atoms with E-state index in [0.29, 0.717) is 28.7 Å². The summed E-state index contributed by atoms with van der Waals surface area (Å²) in [6.45, 7) is 3.88. The van der Waals surface area contributed by atoms with Crippen LogP contribution in [0.4, 0.5) is 0 Å². The molecule has 0 amide bonds. The van der Waals surface area contributed by atoms with Crippen LogP contribution in [0.3, 0.4) is 0 Å². The maximum Gasteiger partial charge on any atom is 0.373 e. The lowest BCUT2D eigenvalue weighted by atomic mass is 10.00. The molecule has 4 aromatic rings. The van der Waals surface area contributed by atoms with Gasteiger partial charge in [-0.2, -0.15) is 0 Å². The molecule has 0 N–H and O–H groups in total. The van der Waals surface area contributed by atoms with Gasteiger partial charge < -0.3 is 0 Å². The number of benzene rings is 4. The van der Waals surface area contributed by atoms with E-state index < -0.39 is 11.9 Å². The number of carbonyl (C=O) groups excluding carboxylic acids is 2. The van der Waals surface area contributed by atoms with Gasteiger partial charge in [-0.25, -0.2) is 9.59 Å². The van der Waals surface area contributed by atoms with Crippen LogP contribution in [-0.2, 0) is 19.6 Å². The zero-order valence-corrected chi connectivity index (χ0v) is 23.7. The van der Waals surface area contributed by atoms with E-state index in [1.54, 1.807) is 24.3 Å². The molecule has 0 heterocycles. The number of unbranched alkanes of at least 4 members (excludes halogenated alkanes) is 6. The first-order chi connectivity index (χ1) is 20.7. The first kappa shape index (κ1) is 30.7. The molecule has 216 valence electrons. The van der Waals surface area contributed by atoms with Crippen molar-refractivity contribution in [1.29, 1.82) is 0 Å². The van der Waals surface area contributed by atoms with Crippen molar-refractivity contribution in [1.82, 2.24) is 0 Å². The van der Waals surface area contributed by atoms with Crippen LogP contribution in [0.15, 0.2) is 109 Å². The summed E-state index contributed by atoms with van der Waals surface area (Å²) >= 11 is 0. The molecule has 0 fully saturated rings. The molecule has 42 heavy (non-hydrogen) atoms. The van der Waals surface area contributed by atoms with E-state index in [0.717, 1.165) is 49.7 Å². The predicted molar refractivity (Wildman–Crippen MR) is 162 cm³/mol. The smallest absolute Gasteiger partial charge is 0.289 e. The fourth-order valence-corrected chi connectivity index (χ4v) is 4.57. The number of rotatable bonds is 16.